The van der Waals surface area contributed by atoms with Crippen LogP contribution in [0.3, 0.4) is 0 Å². The zero-order valence-corrected chi connectivity index (χ0v) is 8.76. The summed E-state index contributed by atoms with van der Waals surface area (Å²) < 4.78 is 0. The number of nitrogens with zero attached hydrogens (tertiary/aromatic N) is 2. The second kappa shape index (κ2) is 6.23. The van der Waals surface area contributed by atoms with E-state index in [1.165, 1.54) is 32.1 Å². The fourth-order valence-electron chi connectivity index (χ4n) is 1.76. The summed E-state index contributed by atoms with van der Waals surface area (Å²) in [5.41, 5.74) is 0. The molecule has 1 atom stereocenters. The summed E-state index contributed by atoms with van der Waals surface area (Å²) in [6.45, 7) is 2.97. The van der Waals surface area contributed by atoms with Crippen LogP contribution in [0.1, 0.15) is 32.1 Å². The average Bonchev–Trinajstić information content (AvgIpc) is 2.09. The molecule has 74 valence electrons. The van der Waals surface area contributed by atoms with Gasteiger partial charge in [-0.1, -0.05) is 19.3 Å². The maximum absolute atomic E-state index is 8.58. The van der Waals surface area contributed by atoms with E-state index in [0.717, 1.165) is 19.6 Å². The smallest absolute Gasteiger partial charge is 0.133 e. The number of hydrogen-bond acceptors (Lipinski definition) is 2. The molecule has 1 unspecified atom stereocenters. The molecule has 1 aliphatic rings. The van der Waals surface area contributed by atoms with Crippen LogP contribution in [-0.4, -0.2) is 29.9 Å². The van der Waals surface area contributed by atoms with Crippen LogP contribution < -0.4 is 0 Å². The molecule has 0 bridgehead atoms. The Balaban J connectivity index is 2.26. The molecule has 3 heteroatoms. The lowest BCUT2D eigenvalue weighted by Crippen LogP contribution is -2.32. The van der Waals surface area contributed by atoms with Crippen LogP contribution in [0.4, 0.5) is 0 Å². The Kier molecular flexibility index (Phi) is 5.19. The van der Waals surface area contributed by atoms with E-state index in [1.54, 1.807) is 0 Å². The second-order valence-corrected chi connectivity index (χ2v) is 4.19. The number of likely N-dealkylation sites (tertiary alicyclic amines) is 1. The van der Waals surface area contributed by atoms with Gasteiger partial charge in [0.25, 0.3) is 0 Å². The fourth-order valence-corrected chi connectivity index (χ4v) is 1.96. The van der Waals surface area contributed by atoms with Gasteiger partial charge in [0.05, 0.1) is 6.07 Å². The van der Waals surface area contributed by atoms with Crippen molar-refractivity contribution in [3.63, 3.8) is 0 Å². The van der Waals surface area contributed by atoms with E-state index in [1.807, 2.05) is 0 Å². The summed E-state index contributed by atoms with van der Waals surface area (Å²) in [7, 11) is 0. The third-order valence-corrected chi connectivity index (χ3v) is 2.74. The van der Waals surface area contributed by atoms with Crippen molar-refractivity contribution < 1.29 is 0 Å². The van der Waals surface area contributed by atoms with E-state index in [-0.39, 0.29) is 5.38 Å². The van der Waals surface area contributed by atoms with Crippen molar-refractivity contribution in [1.29, 1.82) is 5.26 Å². The summed E-state index contributed by atoms with van der Waals surface area (Å²) in [6, 6.07) is 2.07. The molecule has 0 amide bonds. The van der Waals surface area contributed by atoms with Gasteiger partial charge in [-0.3, -0.25) is 0 Å². The SMILES string of the molecule is N#CC(Cl)CN1CCCCCCC1. The summed E-state index contributed by atoms with van der Waals surface area (Å²) >= 11 is 5.79. The van der Waals surface area contributed by atoms with Gasteiger partial charge in [0.2, 0.25) is 0 Å². The van der Waals surface area contributed by atoms with Crippen molar-refractivity contribution >= 4 is 11.6 Å². The Bertz CT molecular complexity index is 168. The zero-order chi connectivity index (χ0) is 9.52. The number of hydrogen-bond donors (Lipinski definition) is 0. The van der Waals surface area contributed by atoms with Crippen molar-refractivity contribution in [3.05, 3.63) is 0 Å². The van der Waals surface area contributed by atoms with Crippen molar-refractivity contribution in [2.75, 3.05) is 19.6 Å². The van der Waals surface area contributed by atoms with E-state index in [9.17, 15) is 0 Å². The van der Waals surface area contributed by atoms with Gasteiger partial charge in [0.1, 0.15) is 5.38 Å². The van der Waals surface area contributed by atoms with E-state index in [0.29, 0.717) is 0 Å². The van der Waals surface area contributed by atoms with Gasteiger partial charge >= 0.3 is 0 Å². The van der Waals surface area contributed by atoms with E-state index >= 15 is 0 Å². The highest BCUT2D eigenvalue weighted by atomic mass is 35.5. The molecule has 1 aliphatic heterocycles. The molecule has 0 saturated carbocycles. The van der Waals surface area contributed by atoms with Gasteiger partial charge in [0.15, 0.2) is 0 Å². The normalized spacial score (nSPS) is 22.8. The number of nitriles is 1. The Labute approximate surface area is 85.5 Å². The fraction of sp³-hybridized carbons (Fsp3) is 0.900. The predicted octanol–water partition coefficient (Wildman–Crippen LogP) is 2.38. The second-order valence-electron chi connectivity index (χ2n) is 3.67. The first-order valence-electron chi connectivity index (χ1n) is 5.09. The van der Waals surface area contributed by atoms with Gasteiger partial charge < -0.3 is 4.90 Å². The lowest BCUT2D eigenvalue weighted by molar-refractivity contribution is 0.254. The lowest BCUT2D eigenvalue weighted by atomic mass is 10.1. The molecule has 1 saturated heterocycles. The number of alkyl halides is 1. The van der Waals surface area contributed by atoms with E-state index in [2.05, 4.69) is 11.0 Å². The minimum atomic E-state index is -0.334. The molecular formula is C10H17ClN2. The largest absolute Gasteiger partial charge is 0.301 e. The molecule has 2 nitrogen and oxygen atoms in total. The van der Waals surface area contributed by atoms with Crippen molar-refractivity contribution in [2.24, 2.45) is 0 Å². The Morgan fingerprint density at radius 2 is 1.69 bits per heavy atom. The van der Waals surface area contributed by atoms with E-state index < -0.39 is 0 Å². The zero-order valence-electron chi connectivity index (χ0n) is 8.01. The van der Waals surface area contributed by atoms with E-state index in [4.69, 9.17) is 16.9 Å². The van der Waals surface area contributed by atoms with Crippen LogP contribution in [-0.2, 0) is 0 Å². The van der Waals surface area contributed by atoms with Crippen molar-refractivity contribution in [2.45, 2.75) is 37.5 Å². The van der Waals surface area contributed by atoms with Crippen molar-refractivity contribution in [1.82, 2.24) is 4.90 Å². The highest BCUT2D eigenvalue weighted by Crippen LogP contribution is 2.11. The molecule has 0 radical (unpaired) electrons. The molecule has 1 fully saturated rings. The van der Waals surface area contributed by atoms with Crippen LogP contribution >= 0.6 is 11.6 Å². The molecule has 0 aromatic heterocycles. The first kappa shape index (κ1) is 10.8. The van der Waals surface area contributed by atoms with Crippen LogP contribution in [0.25, 0.3) is 0 Å². The highest BCUT2D eigenvalue weighted by molar-refractivity contribution is 6.22. The predicted molar refractivity (Wildman–Crippen MR) is 54.8 cm³/mol. The van der Waals surface area contributed by atoms with Crippen LogP contribution in [0.2, 0.25) is 0 Å². The number of halogens is 1. The molecule has 0 aliphatic carbocycles. The van der Waals surface area contributed by atoms with Crippen LogP contribution in [0.15, 0.2) is 0 Å². The molecular weight excluding hydrogens is 184 g/mol. The Morgan fingerprint density at radius 3 is 2.23 bits per heavy atom. The highest BCUT2D eigenvalue weighted by Gasteiger charge is 2.11. The summed E-state index contributed by atoms with van der Waals surface area (Å²) in [6.07, 6.45) is 6.55. The van der Waals surface area contributed by atoms with Crippen molar-refractivity contribution in [3.8, 4) is 6.07 Å². The van der Waals surface area contributed by atoms with Gasteiger partial charge in [-0.2, -0.15) is 5.26 Å². The standard InChI is InChI=1S/C10H17ClN2/c11-10(8-12)9-13-6-4-2-1-3-5-7-13/h10H,1-7,9H2. The maximum atomic E-state index is 8.58. The average molecular weight is 201 g/mol. The monoisotopic (exact) mass is 200 g/mol. The quantitative estimate of drug-likeness (QED) is 0.640. The summed E-state index contributed by atoms with van der Waals surface area (Å²) in [4.78, 5) is 2.32. The molecule has 0 N–H and O–H groups in total. The summed E-state index contributed by atoms with van der Waals surface area (Å²) in [5.74, 6) is 0. The molecule has 1 heterocycles. The molecule has 0 spiro atoms. The minimum Gasteiger partial charge on any atom is -0.301 e. The van der Waals surface area contributed by atoms with Gasteiger partial charge in [-0.05, 0) is 25.9 Å². The Hall–Kier alpha value is -0.260. The topological polar surface area (TPSA) is 27.0 Å². The van der Waals surface area contributed by atoms with Crippen LogP contribution in [0, 0.1) is 11.3 Å². The third-order valence-electron chi connectivity index (χ3n) is 2.51. The van der Waals surface area contributed by atoms with Crippen LogP contribution in [0.5, 0.6) is 0 Å². The number of rotatable bonds is 2. The maximum Gasteiger partial charge on any atom is 0.133 e. The molecule has 0 aromatic rings. The van der Waals surface area contributed by atoms with Gasteiger partial charge in [-0.15, -0.1) is 11.6 Å². The first-order valence-corrected chi connectivity index (χ1v) is 5.52. The summed E-state index contributed by atoms with van der Waals surface area (Å²) in [5, 5.41) is 8.25. The van der Waals surface area contributed by atoms with Gasteiger partial charge in [0, 0.05) is 6.54 Å². The molecule has 1 rings (SSSR count). The first-order chi connectivity index (χ1) is 6.33. The molecule has 0 aromatic carbocycles. The minimum absolute atomic E-state index is 0.334. The third kappa shape index (κ3) is 4.50. The Morgan fingerprint density at radius 1 is 1.15 bits per heavy atom. The lowest BCUT2D eigenvalue weighted by Gasteiger charge is -2.24. The van der Waals surface area contributed by atoms with Gasteiger partial charge in [-0.25, -0.2) is 0 Å². The molecule has 13 heavy (non-hydrogen) atoms.